The zero-order chi connectivity index (χ0) is 21.1. The van der Waals surface area contributed by atoms with Gasteiger partial charge in [0.15, 0.2) is 11.5 Å². The summed E-state index contributed by atoms with van der Waals surface area (Å²) in [7, 11) is 0. The molecule has 4 N–H and O–H groups in total. The van der Waals surface area contributed by atoms with E-state index in [1.54, 1.807) is 12.1 Å². The van der Waals surface area contributed by atoms with Crippen molar-refractivity contribution in [3.63, 3.8) is 0 Å². The fourth-order valence-corrected chi connectivity index (χ4v) is 3.94. The van der Waals surface area contributed by atoms with E-state index >= 15 is 0 Å². The average molecular weight is 424 g/mol. The van der Waals surface area contributed by atoms with Crippen LogP contribution >= 0.6 is 11.5 Å². The minimum absolute atomic E-state index is 0.00382. The van der Waals surface area contributed by atoms with Gasteiger partial charge in [-0.1, -0.05) is 18.2 Å². The van der Waals surface area contributed by atoms with Crippen molar-refractivity contribution in [2.75, 3.05) is 23.3 Å². The predicted molar refractivity (Wildman–Crippen MR) is 115 cm³/mol. The minimum Gasteiger partial charge on any atom is -0.364 e. The number of amides is 2. The molecule has 4 rings (SSSR count). The van der Waals surface area contributed by atoms with Gasteiger partial charge in [0, 0.05) is 24.7 Å². The molecule has 1 fully saturated rings. The monoisotopic (exact) mass is 423 g/mol. The van der Waals surface area contributed by atoms with E-state index in [4.69, 9.17) is 5.73 Å². The molecule has 2 aromatic heterocycles. The van der Waals surface area contributed by atoms with Gasteiger partial charge in [0.1, 0.15) is 10.8 Å². The summed E-state index contributed by atoms with van der Waals surface area (Å²) in [6, 6.07) is 11.0. The topological polar surface area (TPSA) is 126 Å². The van der Waals surface area contributed by atoms with E-state index in [9.17, 15) is 9.59 Å². The van der Waals surface area contributed by atoms with Gasteiger partial charge in [-0.25, -0.2) is 9.97 Å². The van der Waals surface area contributed by atoms with Crippen LogP contribution in [0.25, 0.3) is 0 Å². The number of primary amides is 1. The number of aryl methyl sites for hydroxylation is 1. The first-order valence-electron chi connectivity index (χ1n) is 9.47. The Morgan fingerprint density at radius 2 is 2.07 bits per heavy atom. The largest absolute Gasteiger partial charge is 0.364 e. The molecular weight excluding hydrogens is 402 g/mol. The number of nitrogens with one attached hydrogen (secondary N) is 2. The van der Waals surface area contributed by atoms with E-state index in [1.165, 1.54) is 17.7 Å². The first-order valence-corrected chi connectivity index (χ1v) is 10.2. The Balaban J connectivity index is 1.48. The molecule has 9 nitrogen and oxygen atoms in total. The Hall–Kier alpha value is -3.53. The third-order valence-corrected chi connectivity index (χ3v) is 5.54. The van der Waals surface area contributed by atoms with Crippen LogP contribution in [-0.2, 0) is 0 Å². The zero-order valence-electron chi connectivity index (χ0n) is 16.3. The lowest BCUT2D eigenvalue weighted by Gasteiger charge is -2.19. The van der Waals surface area contributed by atoms with E-state index in [-0.39, 0.29) is 17.6 Å². The van der Waals surface area contributed by atoms with Crippen molar-refractivity contribution in [1.29, 1.82) is 0 Å². The quantitative estimate of drug-likeness (QED) is 0.554. The maximum absolute atomic E-state index is 12.4. The molecule has 154 valence electrons. The van der Waals surface area contributed by atoms with Crippen molar-refractivity contribution in [1.82, 2.24) is 19.7 Å². The Bertz CT molecular complexity index is 1070. The van der Waals surface area contributed by atoms with Gasteiger partial charge in [-0.15, -0.1) is 0 Å². The lowest BCUT2D eigenvalue weighted by atomic mass is 10.2. The van der Waals surface area contributed by atoms with Crippen LogP contribution in [0.2, 0.25) is 0 Å². The molecule has 1 atom stereocenters. The van der Waals surface area contributed by atoms with Crippen LogP contribution in [-0.4, -0.2) is 45.3 Å². The fraction of sp³-hybridized carbons (Fsp3) is 0.250. The third-order valence-electron chi connectivity index (χ3n) is 4.75. The van der Waals surface area contributed by atoms with Gasteiger partial charge >= 0.3 is 0 Å². The normalized spacial score (nSPS) is 15.8. The highest BCUT2D eigenvalue weighted by Crippen LogP contribution is 2.25. The summed E-state index contributed by atoms with van der Waals surface area (Å²) >= 11 is 1.27. The maximum atomic E-state index is 12.4. The van der Waals surface area contributed by atoms with Crippen LogP contribution in [0.4, 0.5) is 16.6 Å². The predicted octanol–water partition coefficient (Wildman–Crippen LogP) is 2.09. The molecule has 1 aliphatic heterocycles. The number of anilines is 3. The van der Waals surface area contributed by atoms with Crippen molar-refractivity contribution < 1.29 is 9.59 Å². The lowest BCUT2D eigenvalue weighted by Crippen LogP contribution is -2.37. The molecule has 3 heterocycles. The highest BCUT2D eigenvalue weighted by molar-refractivity contribution is 7.10. The molecule has 1 aromatic carbocycles. The Kier molecular flexibility index (Phi) is 5.57. The number of nitrogens with zero attached hydrogens (tertiary/aromatic N) is 4. The second kappa shape index (κ2) is 8.46. The average Bonchev–Trinajstić information content (AvgIpc) is 3.37. The van der Waals surface area contributed by atoms with Crippen molar-refractivity contribution in [2.24, 2.45) is 5.73 Å². The minimum atomic E-state index is -0.660. The van der Waals surface area contributed by atoms with E-state index in [2.05, 4.69) is 25.0 Å². The molecule has 1 saturated heterocycles. The maximum Gasteiger partial charge on any atom is 0.271 e. The van der Waals surface area contributed by atoms with Crippen LogP contribution in [0, 0.1) is 6.92 Å². The Labute approximate surface area is 177 Å². The first kappa shape index (κ1) is 19.8. The highest BCUT2D eigenvalue weighted by atomic mass is 32.1. The zero-order valence-corrected chi connectivity index (χ0v) is 17.1. The number of rotatable bonds is 6. The van der Waals surface area contributed by atoms with Crippen LogP contribution in [0.1, 0.15) is 33.0 Å². The van der Waals surface area contributed by atoms with E-state index in [1.807, 2.05) is 36.1 Å². The van der Waals surface area contributed by atoms with E-state index in [0.29, 0.717) is 30.3 Å². The van der Waals surface area contributed by atoms with Crippen LogP contribution in [0.5, 0.6) is 0 Å². The van der Waals surface area contributed by atoms with Crippen molar-refractivity contribution in [3.8, 4) is 0 Å². The van der Waals surface area contributed by atoms with Gasteiger partial charge in [-0.05, 0) is 43.1 Å². The molecule has 0 spiro atoms. The lowest BCUT2D eigenvalue weighted by molar-refractivity contribution is 0.0939. The van der Waals surface area contributed by atoms with E-state index in [0.717, 1.165) is 17.1 Å². The summed E-state index contributed by atoms with van der Waals surface area (Å²) < 4.78 is 4.21. The molecule has 10 heteroatoms. The van der Waals surface area contributed by atoms with Gasteiger partial charge in [0.25, 0.3) is 11.8 Å². The number of aromatic nitrogens is 3. The summed E-state index contributed by atoms with van der Waals surface area (Å²) in [4.78, 5) is 35.0. The van der Waals surface area contributed by atoms with Crippen molar-refractivity contribution in [2.45, 2.75) is 19.4 Å². The van der Waals surface area contributed by atoms with Gasteiger partial charge in [0.05, 0.1) is 11.9 Å². The summed E-state index contributed by atoms with van der Waals surface area (Å²) in [5.74, 6) is 0.147. The smallest absolute Gasteiger partial charge is 0.271 e. The summed E-state index contributed by atoms with van der Waals surface area (Å²) in [5, 5.41) is 6.89. The molecular formula is C20H21N7O2S. The molecule has 3 aromatic rings. The van der Waals surface area contributed by atoms with Gasteiger partial charge in [-0.3, -0.25) is 9.59 Å². The van der Waals surface area contributed by atoms with Gasteiger partial charge in [-0.2, -0.15) is 4.37 Å². The molecule has 0 aliphatic carbocycles. The number of nitrogens with two attached hydrogens (primary N) is 1. The number of benzene rings is 1. The number of carbonyl (C=O) groups is 2. The second-order valence-corrected chi connectivity index (χ2v) is 7.82. The molecule has 30 heavy (non-hydrogen) atoms. The van der Waals surface area contributed by atoms with E-state index < -0.39 is 5.91 Å². The van der Waals surface area contributed by atoms with Crippen LogP contribution in [0.3, 0.4) is 0 Å². The molecule has 0 bridgehead atoms. The molecule has 0 radical (unpaired) electrons. The van der Waals surface area contributed by atoms with Crippen molar-refractivity contribution >= 4 is 40.0 Å². The Morgan fingerprint density at radius 1 is 1.27 bits per heavy atom. The first-order chi connectivity index (χ1) is 14.5. The summed E-state index contributed by atoms with van der Waals surface area (Å²) in [5.41, 5.74) is 7.02. The van der Waals surface area contributed by atoms with Crippen molar-refractivity contribution in [3.05, 3.63) is 59.5 Å². The second-order valence-electron chi connectivity index (χ2n) is 7.02. The summed E-state index contributed by atoms with van der Waals surface area (Å²) in [6.45, 7) is 3.19. The van der Waals surface area contributed by atoms with Crippen LogP contribution < -0.4 is 21.3 Å². The molecule has 0 unspecified atom stereocenters. The number of carbonyl (C=O) groups excluding carboxylic acids is 2. The molecule has 2 amide bonds. The van der Waals surface area contributed by atoms with Crippen LogP contribution in [0.15, 0.2) is 42.6 Å². The molecule has 1 aliphatic rings. The number of hydrogen-bond donors (Lipinski definition) is 3. The Morgan fingerprint density at radius 3 is 2.77 bits per heavy atom. The highest BCUT2D eigenvalue weighted by Gasteiger charge is 2.26. The number of hydrogen-bond acceptors (Lipinski definition) is 8. The van der Waals surface area contributed by atoms with Gasteiger partial charge < -0.3 is 21.3 Å². The fourth-order valence-electron chi connectivity index (χ4n) is 3.28. The summed E-state index contributed by atoms with van der Waals surface area (Å²) in [6.07, 6.45) is 2.32. The molecule has 0 saturated carbocycles. The third kappa shape index (κ3) is 4.38. The van der Waals surface area contributed by atoms with Gasteiger partial charge in [0.2, 0.25) is 0 Å². The standard InChI is InChI=1S/C20H21N7O2S/c1-12-9-16(30-26-12)25-19-17(18(21)28)22-10-15(24-19)27-8-7-14(11-27)23-20(29)13-5-3-2-4-6-13/h2-6,9-10,14H,7-8,11H2,1H3,(H2,21,28)(H,23,29)(H,24,25)/t14-/m1/s1. The SMILES string of the molecule is Cc1cc(Nc2nc(N3CC[C@@H](NC(=O)c4ccccc4)C3)cnc2C(N)=O)sn1.